The topological polar surface area (TPSA) is 37.3 Å². The van der Waals surface area contributed by atoms with Gasteiger partial charge in [-0.1, -0.05) is 0 Å². The van der Waals surface area contributed by atoms with E-state index in [1.807, 2.05) is 0 Å². The molecule has 0 spiro atoms. The summed E-state index contributed by atoms with van der Waals surface area (Å²) < 4.78 is 53.1. The standard InChI is InChI=1S/C15H10F4O2/c16-10-1-8(2-11(17)5-10)14(7-15(20)21)9-3-12(18)6-13(19)4-9/h1-6,14H,7H2,(H,20,21). The second-order valence-corrected chi connectivity index (χ2v) is 4.56. The van der Waals surface area contributed by atoms with Crippen LogP contribution in [-0.2, 0) is 4.79 Å². The number of hydrogen-bond acceptors (Lipinski definition) is 1. The first-order valence-corrected chi connectivity index (χ1v) is 5.99. The Kier molecular flexibility index (Phi) is 4.26. The molecule has 0 saturated heterocycles. The normalized spacial score (nSPS) is 10.9. The van der Waals surface area contributed by atoms with Gasteiger partial charge in [0, 0.05) is 18.1 Å². The molecule has 2 aromatic rings. The summed E-state index contributed by atoms with van der Waals surface area (Å²) in [6.45, 7) is 0. The molecule has 0 atom stereocenters. The summed E-state index contributed by atoms with van der Waals surface area (Å²) >= 11 is 0. The van der Waals surface area contributed by atoms with Gasteiger partial charge in [0.05, 0.1) is 6.42 Å². The van der Waals surface area contributed by atoms with Crippen LogP contribution in [0.25, 0.3) is 0 Å². The van der Waals surface area contributed by atoms with E-state index in [0.717, 1.165) is 24.3 Å². The Morgan fingerprint density at radius 3 is 1.43 bits per heavy atom. The lowest BCUT2D eigenvalue weighted by molar-refractivity contribution is -0.137. The van der Waals surface area contributed by atoms with Crippen LogP contribution in [0.15, 0.2) is 36.4 Å². The molecular formula is C15H10F4O2. The second-order valence-electron chi connectivity index (χ2n) is 4.56. The molecular weight excluding hydrogens is 288 g/mol. The number of halogens is 4. The summed E-state index contributed by atoms with van der Waals surface area (Å²) in [4.78, 5) is 10.9. The van der Waals surface area contributed by atoms with Gasteiger partial charge in [-0.3, -0.25) is 4.79 Å². The zero-order valence-electron chi connectivity index (χ0n) is 10.6. The van der Waals surface area contributed by atoms with Gasteiger partial charge in [-0.25, -0.2) is 17.6 Å². The van der Waals surface area contributed by atoms with Crippen LogP contribution < -0.4 is 0 Å². The number of carboxylic acids is 1. The Balaban J connectivity index is 2.54. The molecule has 0 radical (unpaired) electrons. The Morgan fingerprint density at radius 2 is 1.14 bits per heavy atom. The van der Waals surface area contributed by atoms with Crippen molar-refractivity contribution in [3.8, 4) is 0 Å². The SMILES string of the molecule is O=C(O)CC(c1cc(F)cc(F)c1)c1cc(F)cc(F)c1. The minimum absolute atomic E-state index is 0.0000926. The van der Waals surface area contributed by atoms with Crippen molar-refractivity contribution in [3.63, 3.8) is 0 Å². The molecule has 6 heteroatoms. The van der Waals surface area contributed by atoms with Crippen molar-refractivity contribution in [1.29, 1.82) is 0 Å². The fourth-order valence-electron chi connectivity index (χ4n) is 2.16. The molecule has 0 amide bonds. The number of carbonyl (C=O) groups is 1. The summed E-state index contributed by atoms with van der Waals surface area (Å²) in [7, 11) is 0. The van der Waals surface area contributed by atoms with Gasteiger partial charge in [0.15, 0.2) is 0 Å². The average molecular weight is 298 g/mol. The van der Waals surface area contributed by atoms with Gasteiger partial charge in [-0.15, -0.1) is 0 Å². The van der Waals surface area contributed by atoms with E-state index in [-0.39, 0.29) is 11.1 Å². The van der Waals surface area contributed by atoms with E-state index in [0.29, 0.717) is 12.1 Å². The lowest BCUT2D eigenvalue weighted by atomic mass is 9.88. The van der Waals surface area contributed by atoms with Gasteiger partial charge in [-0.2, -0.15) is 0 Å². The molecule has 2 rings (SSSR count). The van der Waals surface area contributed by atoms with Crippen LogP contribution in [-0.4, -0.2) is 11.1 Å². The van der Waals surface area contributed by atoms with Gasteiger partial charge >= 0.3 is 5.97 Å². The molecule has 0 unspecified atom stereocenters. The van der Waals surface area contributed by atoms with Crippen molar-refractivity contribution in [2.45, 2.75) is 12.3 Å². The summed E-state index contributed by atoms with van der Waals surface area (Å²) in [6, 6.07) is 5.04. The molecule has 0 heterocycles. The molecule has 21 heavy (non-hydrogen) atoms. The van der Waals surface area contributed by atoms with Crippen LogP contribution in [0, 0.1) is 23.3 Å². The highest BCUT2D eigenvalue weighted by molar-refractivity contribution is 5.69. The molecule has 0 aromatic heterocycles. The monoisotopic (exact) mass is 298 g/mol. The summed E-state index contributed by atoms with van der Waals surface area (Å²) in [6.07, 6.45) is -0.550. The summed E-state index contributed by atoms with van der Waals surface area (Å²) in [5.41, 5.74) is -0.000185. The first kappa shape index (κ1) is 15.0. The van der Waals surface area contributed by atoms with Crippen LogP contribution in [0.5, 0.6) is 0 Å². The number of aliphatic carboxylic acids is 1. The third-order valence-electron chi connectivity index (χ3n) is 2.95. The lowest BCUT2D eigenvalue weighted by Crippen LogP contribution is -2.09. The third-order valence-corrected chi connectivity index (χ3v) is 2.95. The van der Waals surface area contributed by atoms with Gasteiger partial charge in [0.25, 0.3) is 0 Å². The van der Waals surface area contributed by atoms with E-state index in [9.17, 15) is 22.4 Å². The molecule has 110 valence electrons. The minimum atomic E-state index is -1.26. The van der Waals surface area contributed by atoms with E-state index in [2.05, 4.69) is 0 Å². The van der Waals surface area contributed by atoms with Gasteiger partial charge in [0.2, 0.25) is 0 Å². The molecule has 0 aliphatic rings. The molecule has 2 nitrogen and oxygen atoms in total. The van der Waals surface area contributed by atoms with Crippen LogP contribution >= 0.6 is 0 Å². The highest BCUT2D eigenvalue weighted by atomic mass is 19.1. The fraction of sp³-hybridized carbons (Fsp3) is 0.133. The highest BCUT2D eigenvalue weighted by Crippen LogP contribution is 2.30. The van der Waals surface area contributed by atoms with Crippen molar-refractivity contribution in [3.05, 3.63) is 70.8 Å². The maximum Gasteiger partial charge on any atom is 0.304 e. The minimum Gasteiger partial charge on any atom is -0.481 e. The molecule has 0 fully saturated rings. The van der Waals surface area contributed by atoms with Crippen LogP contribution in [0.3, 0.4) is 0 Å². The zero-order valence-corrected chi connectivity index (χ0v) is 10.6. The molecule has 0 aliphatic heterocycles. The van der Waals surface area contributed by atoms with Gasteiger partial charge in [-0.05, 0) is 35.4 Å². The lowest BCUT2D eigenvalue weighted by Gasteiger charge is -2.16. The largest absolute Gasteiger partial charge is 0.481 e. The van der Waals surface area contributed by atoms with Gasteiger partial charge in [0.1, 0.15) is 23.3 Å². The maximum absolute atomic E-state index is 13.3. The highest BCUT2D eigenvalue weighted by Gasteiger charge is 2.21. The Labute approximate surface area is 117 Å². The number of benzene rings is 2. The van der Waals surface area contributed by atoms with E-state index in [1.54, 1.807) is 0 Å². The first-order valence-electron chi connectivity index (χ1n) is 5.99. The van der Waals surface area contributed by atoms with Crippen molar-refractivity contribution in [1.82, 2.24) is 0 Å². The smallest absolute Gasteiger partial charge is 0.304 e. The Morgan fingerprint density at radius 1 is 0.810 bits per heavy atom. The second kappa shape index (κ2) is 5.95. The number of rotatable bonds is 4. The van der Waals surface area contributed by atoms with E-state index >= 15 is 0 Å². The molecule has 0 aliphatic carbocycles. The molecule has 1 N–H and O–H groups in total. The predicted molar refractivity (Wildman–Crippen MR) is 66.8 cm³/mol. The van der Waals surface area contributed by atoms with Crippen molar-refractivity contribution < 1.29 is 27.5 Å². The first-order chi connectivity index (χ1) is 9.85. The fourth-order valence-corrected chi connectivity index (χ4v) is 2.16. The van der Waals surface area contributed by atoms with Crippen LogP contribution in [0.4, 0.5) is 17.6 Å². The zero-order chi connectivity index (χ0) is 15.6. The summed E-state index contributed by atoms with van der Waals surface area (Å²) in [5.74, 6) is -5.88. The quantitative estimate of drug-likeness (QED) is 0.871. The van der Waals surface area contributed by atoms with Crippen molar-refractivity contribution in [2.24, 2.45) is 0 Å². The van der Waals surface area contributed by atoms with E-state index in [1.165, 1.54) is 0 Å². The van der Waals surface area contributed by atoms with Crippen molar-refractivity contribution >= 4 is 5.97 Å². The Hall–Kier alpha value is -2.37. The molecule has 0 bridgehead atoms. The maximum atomic E-state index is 13.3. The summed E-state index contributed by atoms with van der Waals surface area (Å²) in [5, 5.41) is 8.91. The Bertz CT molecular complexity index is 593. The molecule has 0 saturated carbocycles. The van der Waals surface area contributed by atoms with E-state index < -0.39 is 41.6 Å². The van der Waals surface area contributed by atoms with Crippen molar-refractivity contribution in [2.75, 3.05) is 0 Å². The average Bonchev–Trinajstić information content (AvgIpc) is 2.33. The van der Waals surface area contributed by atoms with Crippen LogP contribution in [0.2, 0.25) is 0 Å². The van der Waals surface area contributed by atoms with Gasteiger partial charge < -0.3 is 5.11 Å². The van der Waals surface area contributed by atoms with E-state index in [4.69, 9.17) is 5.11 Å². The van der Waals surface area contributed by atoms with Crippen LogP contribution in [0.1, 0.15) is 23.5 Å². The third kappa shape index (κ3) is 3.81. The predicted octanol–water partition coefficient (Wildman–Crippen LogP) is 3.85. The molecule has 2 aromatic carbocycles. The number of hydrogen-bond donors (Lipinski definition) is 1. The number of carboxylic acid groups (broad SMARTS) is 1.